The van der Waals surface area contributed by atoms with Crippen molar-refractivity contribution in [3.8, 4) is 0 Å². The molecule has 7 heteroatoms. The number of rotatable bonds is 4. The second-order valence-electron chi connectivity index (χ2n) is 4.85. The first kappa shape index (κ1) is 16.2. The average Bonchev–Trinajstić information content (AvgIpc) is 2.46. The fourth-order valence-corrected chi connectivity index (χ4v) is 2.14. The number of nitrogens with two attached hydrogens (primary N) is 1. The predicted octanol–water partition coefficient (Wildman–Crippen LogP) is 2.60. The fraction of sp³-hybridized carbons (Fsp3) is 0.333. The van der Waals surface area contributed by atoms with Gasteiger partial charge in [-0.05, 0) is 18.4 Å². The van der Waals surface area contributed by atoms with E-state index in [2.05, 4.69) is 9.72 Å². The maximum absolute atomic E-state index is 13.3. The maximum atomic E-state index is 13.3. The Kier molecular flexibility index (Phi) is 4.37. The second-order valence-corrected chi connectivity index (χ2v) is 4.85. The average molecular weight is 312 g/mol. The topological polar surface area (TPSA) is 65.2 Å². The fourth-order valence-electron chi connectivity index (χ4n) is 2.14. The third kappa shape index (κ3) is 2.89. The Hall–Kier alpha value is -2.15. The van der Waals surface area contributed by atoms with Crippen LogP contribution < -0.4 is 5.73 Å². The molecule has 0 radical (unpaired) electrons. The van der Waals surface area contributed by atoms with Gasteiger partial charge in [0.1, 0.15) is 0 Å². The van der Waals surface area contributed by atoms with E-state index in [1.807, 2.05) is 0 Å². The summed E-state index contributed by atoms with van der Waals surface area (Å²) in [6.45, 7) is 1.24. The summed E-state index contributed by atoms with van der Waals surface area (Å²) in [7, 11) is 0. The van der Waals surface area contributed by atoms with Crippen LogP contribution in [0.15, 0.2) is 36.5 Å². The molecule has 2 N–H and O–H groups in total. The summed E-state index contributed by atoms with van der Waals surface area (Å²) in [4.78, 5) is 15.7. The van der Waals surface area contributed by atoms with Gasteiger partial charge >= 0.3 is 12.1 Å². The Bertz CT molecular complexity index is 683. The van der Waals surface area contributed by atoms with E-state index in [1.54, 1.807) is 30.3 Å². The number of carbonyl (C=O) groups excluding carboxylic acids is 1. The lowest BCUT2D eigenvalue weighted by Gasteiger charge is -2.29. The van der Waals surface area contributed by atoms with E-state index in [1.165, 1.54) is 13.1 Å². The van der Waals surface area contributed by atoms with Gasteiger partial charge in [-0.3, -0.25) is 4.98 Å². The van der Waals surface area contributed by atoms with Crippen LogP contribution in [0.25, 0.3) is 10.8 Å². The zero-order valence-electron chi connectivity index (χ0n) is 11.9. The van der Waals surface area contributed by atoms with Crippen LogP contribution in [0.2, 0.25) is 0 Å². The van der Waals surface area contributed by atoms with E-state index in [0.717, 1.165) is 5.39 Å². The van der Waals surface area contributed by atoms with Gasteiger partial charge in [0.15, 0.2) is 0 Å². The molecule has 118 valence electrons. The zero-order chi connectivity index (χ0) is 16.4. The highest BCUT2D eigenvalue weighted by atomic mass is 19.4. The summed E-state index contributed by atoms with van der Waals surface area (Å²) < 4.78 is 44.4. The molecule has 1 atom stereocenters. The minimum absolute atomic E-state index is 0.103. The standard InChI is InChI=1S/C15H15F3N2O2/c1-2-22-13(21)14(19,15(16,17)18)9-12-11-6-4-3-5-10(11)7-8-20-12/h3-8H,2,9,19H2,1H3/t14-/m1/s1. The molecule has 0 saturated heterocycles. The number of pyridine rings is 1. The normalized spacial score (nSPS) is 14.6. The maximum Gasteiger partial charge on any atom is 0.417 e. The van der Waals surface area contributed by atoms with Gasteiger partial charge in [0.25, 0.3) is 0 Å². The molecule has 1 heterocycles. The van der Waals surface area contributed by atoms with Gasteiger partial charge in [-0.1, -0.05) is 24.3 Å². The largest absolute Gasteiger partial charge is 0.464 e. The molecule has 0 saturated carbocycles. The molecule has 0 aliphatic carbocycles. The van der Waals surface area contributed by atoms with Gasteiger partial charge in [-0.25, -0.2) is 4.79 Å². The first-order chi connectivity index (χ1) is 10.3. The number of alkyl halides is 3. The molecule has 1 aromatic heterocycles. The Labute approximate surface area is 125 Å². The molecule has 4 nitrogen and oxygen atoms in total. The van der Waals surface area contributed by atoms with Crippen LogP contribution >= 0.6 is 0 Å². The van der Waals surface area contributed by atoms with E-state index in [-0.39, 0.29) is 12.3 Å². The number of fused-ring (bicyclic) bond motifs is 1. The van der Waals surface area contributed by atoms with Crippen molar-refractivity contribution in [3.63, 3.8) is 0 Å². The molecule has 1 aromatic carbocycles. The van der Waals surface area contributed by atoms with E-state index >= 15 is 0 Å². The highest BCUT2D eigenvalue weighted by Gasteiger charge is 2.59. The van der Waals surface area contributed by atoms with E-state index in [9.17, 15) is 18.0 Å². The third-order valence-electron chi connectivity index (χ3n) is 3.35. The van der Waals surface area contributed by atoms with Gasteiger partial charge in [-0.15, -0.1) is 0 Å². The zero-order valence-corrected chi connectivity index (χ0v) is 11.9. The van der Waals surface area contributed by atoms with Crippen molar-refractivity contribution in [1.29, 1.82) is 0 Å². The van der Waals surface area contributed by atoms with Gasteiger partial charge in [0, 0.05) is 18.0 Å². The Balaban J connectivity index is 2.48. The number of carbonyl (C=O) groups is 1. The minimum Gasteiger partial charge on any atom is -0.464 e. The van der Waals surface area contributed by atoms with Crippen molar-refractivity contribution in [1.82, 2.24) is 4.98 Å². The van der Waals surface area contributed by atoms with E-state index in [4.69, 9.17) is 5.73 Å². The van der Waals surface area contributed by atoms with E-state index < -0.39 is 24.1 Å². The van der Waals surface area contributed by atoms with Gasteiger partial charge in [0.05, 0.1) is 12.3 Å². The number of hydrogen-bond acceptors (Lipinski definition) is 4. The highest BCUT2D eigenvalue weighted by molar-refractivity contribution is 5.87. The summed E-state index contributed by atoms with van der Waals surface area (Å²) in [5.74, 6) is -1.50. The monoisotopic (exact) mass is 312 g/mol. The van der Waals surface area contributed by atoms with Crippen LogP contribution in [0, 0.1) is 0 Å². The van der Waals surface area contributed by atoms with Gasteiger partial charge in [0.2, 0.25) is 5.54 Å². The molecule has 0 aliphatic rings. The lowest BCUT2D eigenvalue weighted by molar-refractivity contribution is -0.205. The predicted molar refractivity (Wildman–Crippen MR) is 75.1 cm³/mol. The van der Waals surface area contributed by atoms with Crippen LogP contribution in [0.3, 0.4) is 0 Å². The van der Waals surface area contributed by atoms with Crippen molar-refractivity contribution >= 4 is 16.7 Å². The SMILES string of the molecule is CCOC(=O)[C@](N)(Cc1nccc2ccccc12)C(F)(F)F. The quantitative estimate of drug-likeness (QED) is 0.881. The number of halogens is 3. The summed E-state index contributed by atoms with van der Waals surface area (Å²) in [6.07, 6.45) is -4.34. The Morgan fingerprint density at radius 1 is 1.27 bits per heavy atom. The van der Waals surface area contributed by atoms with Crippen LogP contribution in [-0.2, 0) is 16.0 Å². The van der Waals surface area contributed by atoms with Crippen molar-refractivity contribution in [2.45, 2.75) is 25.1 Å². The summed E-state index contributed by atoms with van der Waals surface area (Å²) in [5.41, 5.74) is 2.37. The van der Waals surface area contributed by atoms with E-state index in [0.29, 0.717) is 5.39 Å². The Morgan fingerprint density at radius 3 is 2.59 bits per heavy atom. The second kappa shape index (κ2) is 5.92. The molecule has 22 heavy (non-hydrogen) atoms. The lowest BCUT2D eigenvalue weighted by Crippen LogP contribution is -2.62. The number of esters is 1. The summed E-state index contributed by atoms with van der Waals surface area (Å²) in [6, 6.07) is 8.51. The number of ether oxygens (including phenoxy) is 1. The molecule has 0 amide bonds. The third-order valence-corrected chi connectivity index (χ3v) is 3.35. The van der Waals surface area contributed by atoms with Crippen LogP contribution in [0.1, 0.15) is 12.6 Å². The molecule has 0 spiro atoms. The highest BCUT2D eigenvalue weighted by Crippen LogP contribution is 2.33. The molecule has 0 unspecified atom stereocenters. The first-order valence-electron chi connectivity index (χ1n) is 6.65. The molecule has 2 rings (SSSR count). The van der Waals surface area contributed by atoms with Gasteiger partial charge in [-0.2, -0.15) is 13.2 Å². The van der Waals surface area contributed by atoms with Crippen molar-refractivity contribution < 1.29 is 22.7 Å². The summed E-state index contributed by atoms with van der Waals surface area (Å²) in [5, 5.41) is 1.24. The molecular weight excluding hydrogens is 297 g/mol. The molecule has 0 fully saturated rings. The molecule has 0 bridgehead atoms. The van der Waals surface area contributed by atoms with Gasteiger partial charge < -0.3 is 10.5 Å². The van der Waals surface area contributed by atoms with Crippen molar-refractivity contribution in [3.05, 3.63) is 42.2 Å². The van der Waals surface area contributed by atoms with Crippen LogP contribution in [0.5, 0.6) is 0 Å². The van der Waals surface area contributed by atoms with Crippen molar-refractivity contribution in [2.75, 3.05) is 6.61 Å². The molecular formula is C15H15F3N2O2. The Morgan fingerprint density at radius 2 is 1.95 bits per heavy atom. The summed E-state index contributed by atoms with van der Waals surface area (Å²) >= 11 is 0. The number of benzene rings is 1. The molecule has 0 aliphatic heterocycles. The van der Waals surface area contributed by atoms with Crippen LogP contribution in [0.4, 0.5) is 13.2 Å². The lowest BCUT2D eigenvalue weighted by atomic mass is 9.91. The molecule has 2 aromatic rings. The number of nitrogens with zero attached hydrogens (tertiary/aromatic N) is 1. The minimum atomic E-state index is -4.95. The smallest absolute Gasteiger partial charge is 0.417 e. The number of hydrogen-bond donors (Lipinski definition) is 1. The first-order valence-corrected chi connectivity index (χ1v) is 6.65. The van der Waals surface area contributed by atoms with Crippen LogP contribution in [-0.4, -0.2) is 29.3 Å². The van der Waals surface area contributed by atoms with Crippen molar-refractivity contribution in [2.24, 2.45) is 5.73 Å². The number of aromatic nitrogens is 1.